The van der Waals surface area contributed by atoms with Crippen LogP contribution in [0.1, 0.15) is 37.0 Å². The average Bonchev–Trinajstić information content (AvgIpc) is 3.05. The second-order valence-corrected chi connectivity index (χ2v) is 6.15. The predicted molar refractivity (Wildman–Crippen MR) is 73.6 cm³/mol. The minimum Gasteiger partial charge on any atom is -0.313 e. The molecule has 0 amide bonds. The van der Waals surface area contributed by atoms with Crippen LogP contribution in [0.4, 0.5) is 0 Å². The summed E-state index contributed by atoms with van der Waals surface area (Å²) in [5.41, 5.74) is 1.33. The lowest BCUT2D eigenvalue weighted by Crippen LogP contribution is -2.29. The van der Waals surface area contributed by atoms with E-state index in [-0.39, 0.29) is 10.9 Å². The topological polar surface area (TPSA) is 141 Å². The van der Waals surface area contributed by atoms with Crippen molar-refractivity contribution < 1.29 is 8.42 Å². The quantitative estimate of drug-likeness (QED) is 0.533. The molecule has 0 aliphatic heterocycles. The molecule has 116 valence electrons. The largest absolute Gasteiger partial charge is 0.313 e. The van der Waals surface area contributed by atoms with Crippen LogP contribution >= 0.6 is 0 Å². The summed E-state index contributed by atoms with van der Waals surface area (Å²) in [5, 5.41) is 22.9. The maximum atomic E-state index is 12.4. The number of hydrogen-bond acceptors (Lipinski definition) is 7. The van der Waals surface area contributed by atoms with Gasteiger partial charge in [-0.2, -0.15) is 15.0 Å². The molecule has 0 aromatic carbocycles. The highest BCUT2D eigenvalue weighted by Crippen LogP contribution is 2.18. The number of hydrogen-bond donors (Lipinski definition) is 4. The smallest absolute Gasteiger partial charge is 0.260 e. The molecule has 0 saturated carbocycles. The Bertz CT molecular complexity index is 678. The molecule has 2 aromatic rings. The number of H-pyrrole nitrogens is 2. The Morgan fingerprint density at radius 2 is 2.10 bits per heavy atom. The highest BCUT2D eigenvalue weighted by molar-refractivity contribution is 7.89. The van der Waals surface area contributed by atoms with Crippen LogP contribution in [0.2, 0.25) is 0 Å². The molecule has 1 atom stereocenters. The van der Waals surface area contributed by atoms with Gasteiger partial charge < -0.3 is 5.32 Å². The van der Waals surface area contributed by atoms with E-state index in [1.165, 1.54) is 0 Å². The fraction of sp³-hybridized carbons (Fsp3) is 0.600. The van der Waals surface area contributed by atoms with Crippen molar-refractivity contribution in [3.63, 3.8) is 0 Å². The third-order valence-electron chi connectivity index (χ3n) is 2.92. The highest BCUT2D eigenvalue weighted by Gasteiger charge is 2.26. The van der Waals surface area contributed by atoms with Crippen LogP contribution in [0.25, 0.3) is 0 Å². The van der Waals surface area contributed by atoms with Gasteiger partial charge >= 0.3 is 0 Å². The van der Waals surface area contributed by atoms with E-state index < -0.39 is 16.1 Å². The van der Waals surface area contributed by atoms with Gasteiger partial charge in [-0.05, 0) is 20.4 Å². The van der Waals surface area contributed by atoms with Crippen LogP contribution in [-0.2, 0) is 16.6 Å². The molecule has 2 heterocycles. The summed E-state index contributed by atoms with van der Waals surface area (Å²) >= 11 is 0. The van der Waals surface area contributed by atoms with Crippen molar-refractivity contribution in [1.29, 1.82) is 0 Å². The second-order valence-electron chi connectivity index (χ2n) is 4.53. The summed E-state index contributed by atoms with van der Waals surface area (Å²) in [5.74, 6) is 0.263. The van der Waals surface area contributed by atoms with Crippen molar-refractivity contribution in [1.82, 2.24) is 40.9 Å². The fourth-order valence-electron chi connectivity index (χ4n) is 1.80. The number of aromatic nitrogens is 6. The van der Waals surface area contributed by atoms with Gasteiger partial charge in [0.15, 0.2) is 10.9 Å². The van der Waals surface area contributed by atoms with Crippen LogP contribution < -0.4 is 10.0 Å². The number of tetrazole rings is 1. The number of nitrogens with zero attached hydrogens (tertiary/aromatic N) is 4. The number of sulfonamides is 1. The Morgan fingerprint density at radius 3 is 2.71 bits per heavy atom. The van der Waals surface area contributed by atoms with Gasteiger partial charge in [-0.25, -0.2) is 8.42 Å². The van der Waals surface area contributed by atoms with Crippen molar-refractivity contribution in [2.24, 2.45) is 0 Å². The van der Waals surface area contributed by atoms with Gasteiger partial charge in [-0.3, -0.25) is 5.10 Å². The Kier molecular flexibility index (Phi) is 4.65. The van der Waals surface area contributed by atoms with Crippen LogP contribution in [0.5, 0.6) is 0 Å². The first-order valence-corrected chi connectivity index (χ1v) is 7.94. The molecule has 10 nitrogen and oxygen atoms in total. The summed E-state index contributed by atoms with van der Waals surface area (Å²) in [7, 11) is -3.78. The fourth-order valence-corrected chi connectivity index (χ4v) is 3.20. The zero-order valence-electron chi connectivity index (χ0n) is 12.0. The van der Waals surface area contributed by atoms with Gasteiger partial charge in [-0.15, -0.1) is 10.2 Å². The lowest BCUT2D eigenvalue weighted by atomic mass is 10.2. The number of rotatable bonds is 7. The molecule has 0 saturated heterocycles. The average molecular weight is 314 g/mol. The lowest BCUT2D eigenvalue weighted by Gasteiger charge is -2.10. The third-order valence-corrected chi connectivity index (χ3v) is 4.43. The maximum absolute atomic E-state index is 12.4. The summed E-state index contributed by atoms with van der Waals surface area (Å²) in [6.07, 6.45) is 0. The Hall–Kier alpha value is -1.85. The van der Waals surface area contributed by atoms with Crippen LogP contribution in [-0.4, -0.2) is 45.8 Å². The van der Waals surface area contributed by atoms with Gasteiger partial charge in [0.25, 0.3) is 10.0 Å². The monoisotopic (exact) mass is 314 g/mol. The SMILES string of the molecule is CCNCc1c(S(=O)(=O)NC(C)c2nn[nH]n2)n[nH]c1C. The minimum atomic E-state index is -3.78. The zero-order valence-corrected chi connectivity index (χ0v) is 12.8. The van der Waals surface area contributed by atoms with Crippen LogP contribution in [0.3, 0.4) is 0 Å². The zero-order chi connectivity index (χ0) is 15.5. The highest BCUT2D eigenvalue weighted by atomic mass is 32.2. The molecule has 0 fully saturated rings. The molecule has 1 unspecified atom stereocenters. The molecule has 0 radical (unpaired) electrons. The molecule has 0 bridgehead atoms. The Balaban J connectivity index is 2.23. The summed E-state index contributed by atoms with van der Waals surface area (Å²) in [6.45, 7) is 6.51. The second kappa shape index (κ2) is 6.28. The van der Waals surface area contributed by atoms with Crippen molar-refractivity contribution in [2.45, 2.75) is 38.4 Å². The van der Waals surface area contributed by atoms with Gasteiger partial charge in [0.2, 0.25) is 0 Å². The normalized spacial score (nSPS) is 13.5. The van der Waals surface area contributed by atoms with Gasteiger partial charge in [0, 0.05) is 17.8 Å². The first-order chi connectivity index (χ1) is 9.95. The van der Waals surface area contributed by atoms with E-state index in [9.17, 15) is 8.42 Å². The van der Waals surface area contributed by atoms with E-state index in [2.05, 4.69) is 40.9 Å². The molecule has 0 aliphatic carbocycles. The third kappa shape index (κ3) is 3.43. The lowest BCUT2D eigenvalue weighted by molar-refractivity contribution is 0.553. The van der Waals surface area contributed by atoms with Gasteiger partial charge in [0.05, 0.1) is 6.04 Å². The molecule has 4 N–H and O–H groups in total. The first-order valence-electron chi connectivity index (χ1n) is 6.46. The van der Waals surface area contributed by atoms with E-state index in [0.29, 0.717) is 17.8 Å². The predicted octanol–water partition coefficient (Wildman–Crippen LogP) is -0.620. The summed E-state index contributed by atoms with van der Waals surface area (Å²) in [6, 6.07) is -0.613. The molecule has 0 spiro atoms. The number of nitrogens with one attached hydrogen (secondary N) is 4. The van der Waals surface area contributed by atoms with Crippen LogP contribution in [0, 0.1) is 6.92 Å². The van der Waals surface area contributed by atoms with E-state index in [1.807, 2.05) is 6.92 Å². The molecular weight excluding hydrogens is 296 g/mol. The number of aromatic amines is 2. The molecular formula is C10H18N8O2S. The Morgan fingerprint density at radius 1 is 1.33 bits per heavy atom. The molecule has 11 heteroatoms. The van der Waals surface area contributed by atoms with Crippen LogP contribution in [0.15, 0.2) is 5.03 Å². The van der Waals surface area contributed by atoms with E-state index in [0.717, 1.165) is 6.54 Å². The van der Waals surface area contributed by atoms with E-state index in [4.69, 9.17) is 0 Å². The van der Waals surface area contributed by atoms with Crippen molar-refractivity contribution in [2.75, 3.05) is 6.54 Å². The molecule has 2 rings (SSSR count). The maximum Gasteiger partial charge on any atom is 0.260 e. The Labute approximate surface area is 122 Å². The summed E-state index contributed by atoms with van der Waals surface area (Å²) in [4.78, 5) is 0. The molecule has 2 aromatic heterocycles. The summed E-state index contributed by atoms with van der Waals surface area (Å²) < 4.78 is 27.3. The van der Waals surface area contributed by atoms with Gasteiger partial charge in [0.1, 0.15) is 0 Å². The molecule has 0 aliphatic rings. The van der Waals surface area contributed by atoms with E-state index in [1.54, 1.807) is 13.8 Å². The van der Waals surface area contributed by atoms with Gasteiger partial charge in [-0.1, -0.05) is 12.1 Å². The number of aryl methyl sites for hydroxylation is 1. The van der Waals surface area contributed by atoms with E-state index >= 15 is 0 Å². The van der Waals surface area contributed by atoms with Crippen molar-refractivity contribution in [3.05, 3.63) is 17.1 Å². The standard InChI is InChI=1S/C10H18N8O2S/c1-4-11-5-8-6(2)12-15-10(8)21(19,20)16-7(3)9-13-17-18-14-9/h7,11,16H,4-5H2,1-3H3,(H,12,15)(H,13,14,17,18). The first kappa shape index (κ1) is 15.5. The minimum absolute atomic E-state index is 0.0173. The van der Waals surface area contributed by atoms with Crippen molar-refractivity contribution in [3.8, 4) is 0 Å². The van der Waals surface area contributed by atoms with Crippen molar-refractivity contribution >= 4 is 10.0 Å². The molecule has 21 heavy (non-hydrogen) atoms.